The van der Waals surface area contributed by atoms with Crippen LogP contribution in [-0.4, -0.2) is 34.7 Å². The monoisotopic (exact) mass is 310 g/mol. The van der Waals surface area contributed by atoms with Gasteiger partial charge in [0.05, 0.1) is 0 Å². The highest BCUT2D eigenvalue weighted by molar-refractivity contribution is 5.32. The zero-order valence-electron chi connectivity index (χ0n) is 13.7. The van der Waals surface area contributed by atoms with Crippen molar-refractivity contribution in [2.45, 2.75) is 38.1 Å². The number of fused-ring (bicyclic) bond motifs is 1. The predicted octanol–water partition coefficient (Wildman–Crippen LogP) is 3.39. The fourth-order valence-corrected chi connectivity index (χ4v) is 3.63. The van der Waals surface area contributed by atoms with Crippen molar-refractivity contribution in [3.63, 3.8) is 0 Å². The molecule has 1 heterocycles. The molecule has 0 amide bonds. The Hall–Kier alpha value is -1.71. The zero-order chi connectivity index (χ0) is 15.9. The van der Waals surface area contributed by atoms with Gasteiger partial charge in [0.2, 0.25) is 0 Å². The summed E-state index contributed by atoms with van der Waals surface area (Å²) in [5.74, 6) is 0. The molecule has 1 aliphatic carbocycles. The molecule has 1 aliphatic rings. The van der Waals surface area contributed by atoms with E-state index in [-0.39, 0.29) is 6.61 Å². The average molecular weight is 310 g/mol. The van der Waals surface area contributed by atoms with Gasteiger partial charge in [0, 0.05) is 38.1 Å². The van der Waals surface area contributed by atoms with Gasteiger partial charge in [-0.2, -0.15) is 0 Å². The molecule has 1 unspecified atom stereocenters. The number of nitrogens with zero attached hydrogens (tertiary/aromatic N) is 2. The predicted molar refractivity (Wildman–Crippen MR) is 93.3 cm³/mol. The zero-order valence-corrected chi connectivity index (χ0v) is 13.7. The first-order chi connectivity index (χ1) is 11.4. The van der Waals surface area contributed by atoms with E-state index in [1.165, 1.54) is 36.0 Å². The van der Waals surface area contributed by atoms with Crippen LogP contribution in [0.4, 0.5) is 0 Å². The Morgan fingerprint density at radius 1 is 1.09 bits per heavy atom. The van der Waals surface area contributed by atoms with Crippen LogP contribution in [0.25, 0.3) is 0 Å². The van der Waals surface area contributed by atoms with E-state index in [0.29, 0.717) is 6.04 Å². The van der Waals surface area contributed by atoms with Gasteiger partial charge in [-0.3, -0.25) is 9.88 Å². The second-order valence-electron chi connectivity index (χ2n) is 6.33. The molecule has 0 bridgehead atoms. The molecule has 0 saturated heterocycles. The van der Waals surface area contributed by atoms with Crippen LogP contribution in [0.3, 0.4) is 0 Å². The standard InChI is InChI=1S/C20H26N2O/c23-16-4-14-22(15-11-17-9-12-21-13-10-17)20-8-3-6-18-5-1-2-7-19(18)20/h1-2,5,7,9-10,12-13,20,23H,3-4,6,8,11,14-16H2. The van der Waals surface area contributed by atoms with Crippen LogP contribution in [-0.2, 0) is 12.8 Å². The summed E-state index contributed by atoms with van der Waals surface area (Å²) < 4.78 is 0. The fraction of sp³-hybridized carbons (Fsp3) is 0.450. The Labute approximate surface area is 139 Å². The van der Waals surface area contributed by atoms with Crippen LogP contribution in [0, 0.1) is 0 Å². The summed E-state index contributed by atoms with van der Waals surface area (Å²) in [6.07, 6.45) is 9.28. The van der Waals surface area contributed by atoms with Crippen LogP contribution < -0.4 is 0 Å². The summed E-state index contributed by atoms with van der Waals surface area (Å²) in [7, 11) is 0. The van der Waals surface area contributed by atoms with Gasteiger partial charge >= 0.3 is 0 Å². The topological polar surface area (TPSA) is 36.4 Å². The number of aliphatic hydroxyl groups is 1. The van der Waals surface area contributed by atoms with Crippen molar-refractivity contribution >= 4 is 0 Å². The quantitative estimate of drug-likeness (QED) is 0.851. The SMILES string of the molecule is OCCCN(CCc1ccncc1)C1CCCc2ccccc21. The molecule has 2 aromatic rings. The molecule has 1 N–H and O–H groups in total. The van der Waals surface area contributed by atoms with E-state index in [4.69, 9.17) is 0 Å². The Morgan fingerprint density at radius 2 is 1.91 bits per heavy atom. The molecule has 0 spiro atoms. The molecule has 3 heteroatoms. The van der Waals surface area contributed by atoms with Crippen molar-refractivity contribution < 1.29 is 5.11 Å². The van der Waals surface area contributed by atoms with Crippen molar-refractivity contribution in [3.8, 4) is 0 Å². The molecular formula is C20H26N2O. The van der Waals surface area contributed by atoms with E-state index >= 15 is 0 Å². The fourth-order valence-electron chi connectivity index (χ4n) is 3.63. The lowest BCUT2D eigenvalue weighted by atomic mass is 9.86. The van der Waals surface area contributed by atoms with E-state index in [1.54, 1.807) is 0 Å². The molecule has 122 valence electrons. The summed E-state index contributed by atoms with van der Waals surface area (Å²) in [5, 5.41) is 9.26. The van der Waals surface area contributed by atoms with Gasteiger partial charge in [-0.1, -0.05) is 24.3 Å². The lowest BCUT2D eigenvalue weighted by molar-refractivity contribution is 0.161. The Balaban J connectivity index is 1.74. The lowest BCUT2D eigenvalue weighted by Crippen LogP contribution is -2.34. The maximum absolute atomic E-state index is 9.26. The van der Waals surface area contributed by atoms with Crippen molar-refractivity contribution in [1.29, 1.82) is 0 Å². The third kappa shape index (κ3) is 4.18. The maximum Gasteiger partial charge on any atom is 0.0443 e. The van der Waals surface area contributed by atoms with Crippen LogP contribution in [0.2, 0.25) is 0 Å². The van der Waals surface area contributed by atoms with Crippen LogP contribution in [0.5, 0.6) is 0 Å². The Morgan fingerprint density at radius 3 is 2.74 bits per heavy atom. The molecule has 0 aliphatic heterocycles. The van der Waals surface area contributed by atoms with E-state index < -0.39 is 0 Å². The molecule has 0 fully saturated rings. The van der Waals surface area contributed by atoms with Crippen molar-refractivity contribution in [3.05, 3.63) is 65.5 Å². The van der Waals surface area contributed by atoms with Gasteiger partial charge in [0.25, 0.3) is 0 Å². The molecule has 0 radical (unpaired) electrons. The highest BCUT2D eigenvalue weighted by Gasteiger charge is 2.25. The Bertz CT molecular complexity index is 600. The number of rotatable bonds is 7. The van der Waals surface area contributed by atoms with Gasteiger partial charge in [-0.05, 0) is 60.9 Å². The van der Waals surface area contributed by atoms with Gasteiger partial charge in [0.15, 0.2) is 0 Å². The summed E-state index contributed by atoms with van der Waals surface area (Å²) in [4.78, 5) is 6.66. The number of hydrogen-bond donors (Lipinski definition) is 1. The number of pyridine rings is 1. The molecule has 3 rings (SSSR count). The second kappa shape index (κ2) is 8.23. The van der Waals surface area contributed by atoms with Gasteiger partial charge < -0.3 is 5.11 Å². The lowest BCUT2D eigenvalue weighted by Gasteiger charge is -2.36. The van der Waals surface area contributed by atoms with Gasteiger partial charge in [-0.15, -0.1) is 0 Å². The third-order valence-electron chi connectivity index (χ3n) is 4.82. The van der Waals surface area contributed by atoms with Gasteiger partial charge in [-0.25, -0.2) is 0 Å². The van der Waals surface area contributed by atoms with E-state index in [2.05, 4.69) is 46.3 Å². The van der Waals surface area contributed by atoms with E-state index in [9.17, 15) is 5.11 Å². The number of aliphatic hydroxyl groups excluding tert-OH is 1. The van der Waals surface area contributed by atoms with Crippen molar-refractivity contribution in [2.75, 3.05) is 19.7 Å². The highest BCUT2D eigenvalue weighted by atomic mass is 16.3. The largest absolute Gasteiger partial charge is 0.396 e. The van der Waals surface area contributed by atoms with Crippen LogP contribution in [0.15, 0.2) is 48.8 Å². The summed E-state index contributed by atoms with van der Waals surface area (Å²) in [6, 6.07) is 13.6. The minimum Gasteiger partial charge on any atom is -0.396 e. The molecule has 1 aromatic carbocycles. The maximum atomic E-state index is 9.26. The number of benzene rings is 1. The molecule has 1 aromatic heterocycles. The molecule has 3 nitrogen and oxygen atoms in total. The summed E-state index contributed by atoms with van der Waals surface area (Å²) in [6.45, 7) is 2.25. The normalized spacial score (nSPS) is 17.2. The number of hydrogen-bond acceptors (Lipinski definition) is 3. The number of aryl methyl sites for hydroxylation is 1. The first-order valence-electron chi connectivity index (χ1n) is 8.70. The smallest absolute Gasteiger partial charge is 0.0443 e. The minimum atomic E-state index is 0.264. The Kier molecular flexibility index (Phi) is 5.78. The first kappa shape index (κ1) is 16.2. The third-order valence-corrected chi connectivity index (χ3v) is 4.82. The molecule has 0 saturated carbocycles. The van der Waals surface area contributed by atoms with Gasteiger partial charge in [0.1, 0.15) is 0 Å². The summed E-state index contributed by atoms with van der Waals surface area (Å²) in [5.41, 5.74) is 4.33. The number of aromatic nitrogens is 1. The molecule has 23 heavy (non-hydrogen) atoms. The highest BCUT2D eigenvalue weighted by Crippen LogP contribution is 2.34. The average Bonchev–Trinajstić information content (AvgIpc) is 2.62. The van der Waals surface area contributed by atoms with E-state index in [0.717, 1.165) is 25.9 Å². The van der Waals surface area contributed by atoms with Crippen LogP contribution in [0.1, 0.15) is 42.0 Å². The second-order valence-corrected chi connectivity index (χ2v) is 6.33. The van der Waals surface area contributed by atoms with Crippen molar-refractivity contribution in [2.24, 2.45) is 0 Å². The molecule has 1 atom stereocenters. The first-order valence-corrected chi connectivity index (χ1v) is 8.70. The van der Waals surface area contributed by atoms with Crippen molar-refractivity contribution in [1.82, 2.24) is 9.88 Å². The molecular weight excluding hydrogens is 284 g/mol. The summed E-state index contributed by atoms with van der Waals surface area (Å²) >= 11 is 0. The van der Waals surface area contributed by atoms with E-state index in [1.807, 2.05) is 12.4 Å². The van der Waals surface area contributed by atoms with Crippen LogP contribution >= 0.6 is 0 Å². The minimum absolute atomic E-state index is 0.264.